The van der Waals surface area contributed by atoms with E-state index in [-0.39, 0.29) is 26.2 Å². The third-order valence-corrected chi connectivity index (χ3v) is 6.24. The highest BCUT2D eigenvalue weighted by molar-refractivity contribution is 7.51. The Kier molecular flexibility index (Phi) is 8.76. The van der Waals surface area contributed by atoms with E-state index in [4.69, 9.17) is 13.8 Å². The van der Waals surface area contributed by atoms with Crippen LogP contribution >= 0.6 is 7.75 Å². The van der Waals surface area contributed by atoms with Crippen LogP contribution in [0.1, 0.15) is 32.8 Å². The molecule has 1 aromatic rings. The number of hydrogen-bond acceptors (Lipinski definition) is 8. The predicted octanol–water partition coefficient (Wildman–Crippen LogP) is 1.94. The Hall–Kier alpha value is -2.26. The van der Waals surface area contributed by atoms with Crippen molar-refractivity contribution in [3.05, 3.63) is 35.9 Å². The molecule has 1 aromatic carbocycles. The summed E-state index contributed by atoms with van der Waals surface area (Å²) in [5, 5.41) is 5.08. The molecule has 0 saturated carbocycles. The molecular formula is C20H29N2O8P. The SMILES string of the molecule is COC(=O)CCNC(=O)[C@@H]1OP(=O)(N[C@@H](C)C(=O)OCc2ccccc2)OCC1(C)C. The summed E-state index contributed by atoms with van der Waals surface area (Å²) >= 11 is 0. The Morgan fingerprint density at radius 2 is 1.94 bits per heavy atom. The number of carbonyl (C=O) groups is 3. The van der Waals surface area contributed by atoms with E-state index < -0.39 is 43.2 Å². The van der Waals surface area contributed by atoms with Gasteiger partial charge in [-0.3, -0.25) is 23.4 Å². The van der Waals surface area contributed by atoms with Crippen LogP contribution in [0.2, 0.25) is 0 Å². The maximum atomic E-state index is 13.0. The Labute approximate surface area is 181 Å². The minimum Gasteiger partial charge on any atom is -0.469 e. The van der Waals surface area contributed by atoms with Crippen molar-refractivity contribution in [2.75, 3.05) is 20.3 Å². The Morgan fingerprint density at radius 3 is 2.58 bits per heavy atom. The lowest BCUT2D eigenvalue weighted by Crippen LogP contribution is -2.51. The van der Waals surface area contributed by atoms with E-state index in [9.17, 15) is 18.9 Å². The minimum absolute atomic E-state index is 0.00785. The Balaban J connectivity index is 1.94. The number of benzene rings is 1. The van der Waals surface area contributed by atoms with Crippen molar-refractivity contribution in [3.8, 4) is 0 Å². The van der Waals surface area contributed by atoms with Crippen LogP contribution < -0.4 is 10.4 Å². The number of ether oxygens (including phenoxy) is 2. The van der Waals surface area contributed by atoms with Crippen LogP contribution in [-0.2, 0) is 44.1 Å². The fourth-order valence-electron chi connectivity index (χ4n) is 2.74. The quantitative estimate of drug-likeness (QED) is 0.423. The van der Waals surface area contributed by atoms with Gasteiger partial charge in [-0.25, -0.2) is 9.65 Å². The number of methoxy groups -OCH3 is 1. The molecular weight excluding hydrogens is 427 g/mol. The molecule has 1 aliphatic heterocycles. The van der Waals surface area contributed by atoms with Gasteiger partial charge in [0, 0.05) is 12.0 Å². The molecule has 172 valence electrons. The number of rotatable bonds is 9. The maximum Gasteiger partial charge on any atom is 0.407 e. The van der Waals surface area contributed by atoms with E-state index in [0.29, 0.717) is 0 Å². The van der Waals surface area contributed by atoms with Crippen LogP contribution in [0.15, 0.2) is 30.3 Å². The van der Waals surface area contributed by atoms with Crippen molar-refractivity contribution < 1.29 is 37.5 Å². The van der Waals surface area contributed by atoms with E-state index in [0.717, 1.165) is 5.56 Å². The molecule has 3 atom stereocenters. The van der Waals surface area contributed by atoms with Crippen molar-refractivity contribution >= 4 is 25.6 Å². The third kappa shape index (κ3) is 7.43. The number of amides is 1. The van der Waals surface area contributed by atoms with E-state index in [1.807, 2.05) is 30.3 Å². The van der Waals surface area contributed by atoms with E-state index in [1.54, 1.807) is 13.8 Å². The van der Waals surface area contributed by atoms with Crippen LogP contribution in [0.25, 0.3) is 0 Å². The average Bonchev–Trinajstić information content (AvgIpc) is 2.74. The molecule has 1 amide bonds. The first-order valence-electron chi connectivity index (χ1n) is 9.82. The molecule has 2 N–H and O–H groups in total. The van der Waals surface area contributed by atoms with Gasteiger partial charge < -0.3 is 14.8 Å². The molecule has 2 rings (SSSR count). The summed E-state index contributed by atoms with van der Waals surface area (Å²) in [5.41, 5.74) is 0.0208. The zero-order valence-electron chi connectivity index (χ0n) is 18.1. The number of esters is 2. The van der Waals surface area contributed by atoms with Crippen molar-refractivity contribution in [1.82, 2.24) is 10.4 Å². The lowest BCUT2D eigenvalue weighted by Gasteiger charge is -2.40. The summed E-state index contributed by atoms with van der Waals surface area (Å²) in [4.78, 5) is 36.0. The van der Waals surface area contributed by atoms with Gasteiger partial charge in [0.15, 0.2) is 6.10 Å². The Bertz CT molecular complexity index is 830. The molecule has 1 aliphatic rings. The van der Waals surface area contributed by atoms with Crippen molar-refractivity contribution in [2.45, 2.75) is 45.9 Å². The summed E-state index contributed by atoms with van der Waals surface area (Å²) in [6.45, 7) is 4.97. The van der Waals surface area contributed by atoms with Gasteiger partial charge in [0.2, 0.25) is 5.91 Å². The third-order valence-electron chi connectivity index (χ3n) is 4.58. The second kappa shape index (κ2) is 10.9. The standard InChI is InChI=1S/C20H29N2O8P/c1-14(19(25)28-12-15-8-6-5-7-9-15)22-31(26)29-13-20(2,3)17(30-31)18(24)21-11-10-16(23)27-4/h5-9,14,17H,10-13H2,1-4H3,(H,21,24)(H,22,26)/t14-,17-,31?/m0/s1. The van der Waals surface area contributed by atoms with Crippen molar-refractivity contribution in [3.63, 3.8) is 0 Å². The molecule has 0 bridgehead atoms. The van der Waals surface area contributed by atoms with E-state index >= 15 is 0 Å². The van der Waals surface area contributed by atoms with Gasteiger partial charge in [0.25, 0.3) is 0 Å². The van der Waals surface area contributed by atoms with Crippen LogP contribution in [0, 0.1) is 5.41 Å². The topological polar surface area (TPSA) is 129 Å². The molecule has 1 saturated heterocycles. The normalized spacial score (nSPS) is 23.4. The second-order valence-electron chi connectivity index (χ2n) is 7.81. The monoisotopic (exact) mass is 456 g/mol. The van der Waals surface area contributed by atoms with Gasteiger partial charge in [-0.15, -0.1) is 0 Å². The summed E-state index contributed by atoms with van der Waals surface area (Å²) in [6.07, 6.45) is -1.13. The smallest absolute Gasteiger partial charge is 0.407 e. The largest absolute Gasteiger partial charge is 0.469 e. The predicted molar refractivity (Wildman–Crippen MR) is 111 cm³/mol. The molecule has 31 heavy (non-hydrogen) atoms. The van der Waals surface area contributed by atoms with Crippen LogP contribution in [0.3, 0.4) is 0 Å². The zero-order valence-corrected chi connectivity index (χ0v) is 19.0. The van der Waals surface area contributed by atoms with Gasteiger partial charge in [0.1, 0.15) is 12.6 Å². The first kappa shape index (κ1) is 25.0. The first-order valence-corrected chi connectivity index (χ1v) is 11.4. The molecule has 1 fully saturated rings. The van der Waals surface area contributed by atoms with Gasteiger partial charge in [-0.05, 0) is 12.5 Å². The molecule has 0 aromatic heterocycles. The fourth-order valence-corrected chi connectivity index (χ4v) is 4.67. The van der Waals surface area contributed by atoms with Crippen LogP contribution in [-0.4, -0.2) is 50.3 Å². The van der Waals surface area contributed by atoms with Gasteiger partial charge in [0.05, 0.1) is 20.1 Å². The van der Waals surface area contributed by atoms with Crippen molar-refractivity contribution in [1.29, 1.82) is 0 Å². The van der Waals surface area contributed by atoms with Crippen LogP contribution in [0.5, 0.6) is 0 Å². The average molecular weight is 456 g/mol. The fraction of sp³-hybridized carbons (Fsp3) is 0.550. The minimum atomic E-state index is -3.97. The summed E-state index contributed by atoms with van der Waals surface area (Å²) < 4.78 is 33.7. The molecule has 1 unspecified atom stereocenters. The summed E-state index contributed by atoms with van der Waals surface area (Å²) in [6, 6.07) is 8.12. The zero-order chi connectivity index (χ0) is 23.1. The highest BCUT2D eigenvalue weighted by atomic mass is 31.2. The van der Waals surface area contributed by atoms with Gasteiger partial charge >= 0.3 is 19.7 Å². The highest BCUT2D eigenvalue weighted by Gasteiger charge is 2.48. The lowest BCUT2D eigenvalue weighted by atomic mass is 9.87. The van der Waals surface area contributed by atoms with Crippen LogP contribution in [0.4, 0.5) is 0 Å². The molecule has 0 radical (unpaired) electrons. The van der Waals surface area contributed by atoms with Gasteiger partial charge in [-0.2, -0.15) is 0 Å². The Morgan fingerprint density at radius 1 is 1.26 bits per heavy atom. The number of hydrogen-bond donors (Lipinski definition) is 2. The van der Waals surface area contributed by atoms with E-state index in [2.05, 4.69) is 15.1 Å². The highest BCUT2D eigenvalue weighted by Crippen LogP contribution is 2.53. The van der Waals surface area contributed by atoms with Crippen molar-refractivity contribution in [2.24, 2.45) is 5.41 Å². The molecule has 11 heteroatoms. The lowest BCUT2D eigenvalue weighted by molar-refractivity contribution is -0.147. The molecule has 1 heterocycles. The summed E-state index contributed by atoms with van der Waals surface area (Å²) in [7, 11) is -2.72. The first-order chi connectivity index (χ1) is 14.6. The molecule has 0 aliphatic carbocycles. The number of nitrogens with one attached hydrogen (secondary N) is 2. The van der Waals surface area contributed by atoms with Gasteiger partial charge in [-0.1, -0.05) is 44.2 Å². The second-order valence-corrected chi connectivity index (χ2v) is 9.53. The van der Waals surface area contributed by atoms with E-state index in [1.165, 1.54) is 14.0 Å². The number of carbonyl (C=O) groups excluding carboxylic acids is 3. The summed E-state index contributed by atoms with van der Waals surface area (Å²) in [5.74, 6) is -1.66. The maximum absolute atomic E-state index is 13.0. The molecule has 10 nitrogen and oxygen atoms in total. The molecule has 0 spiro atoms.